The first kappa shape index (κ1) is 12.1. The van der Waals surface area contributed by atoms with Crippen LogP contribution in [0.1, 0.15) is 5.56 Å². The Bertz CT molecular complexity index is 307. The molecule has 0 aliphatic carbocycles. The van der Waals surface area contributed by atoms with Gasteiger partial charge < -0.3 is 5.32 Å². The van der Waals surface area contributed by atoms with Crippen molar-refractivity contribution >= 4 is 34.2 Å². The van der Waals surface area contributed by atoms with Crippen molar-refractivity contribution in [3.8, 4) is 0 Å². The van der Waals surface area contributed by atoms with Crippen LogP contribution in [0.2, 0.25) is 5.02 Å². The molecule has 0 bridgehead atoms. The van der Waals surface area contributed by atoms with E-state index in [1.165, 1.54) is 0 Å². The number of nitrogens with one attached hydrogen (secondary N) is 1. The van der Waals surface area contributed by atoms with Gasteiger partial charge in [0, 0.05) is 10.1 Å². The molecule has 1 aromatic rings. The summed E-state index contributed by atoms with van der Waals surface area (Å²) in [5, 5.41) is 3.29. The van der Waals surface area contributed by atoms with E-state index in [4.69, 9.17) is 11.6 Å². The number of halogens is 4. The summed E-state index contributed by atoms with van der Waals surface area (Å²) in [5.41, 5.74) is 0.913. The van der Waals surface area contributed by atoms with Crippen LogP contribution in [0.3, 0.4) is 0 Å². The summed E-state index contributed by atoms with van der Waals surface area (Å²) in [6.45, 7) is 0.130. The van der Waals surface area contributed by atoms with Crippen LogP contribution in [-0.4, -0.2) is 13.0 Å². The zero-order valence-electron chi connectivity index (χ0n) is 7.24. The fourth-order valence-corrected chi connectivity index (χ4v) is 1.51. The average Bonchev–Trinajstić information content (AvgIpc) is 2.10. The van der Waals surface area contributed by atoms with Crippen molar-refractivity contribution in [1.29, 1.82) is 0 Å². The zero-order chi connectivity index (χ0) is 10.6. The Morgan fingerprint density at radius 3 is 2.71 bits per heavy atom. The second kappa shape index (κ2) is 5.82. The molecule has 0 saturated carbocycles. The number of alkyl halides is 2. The molecule has 0 amide bonds. The highest BCUT2D eigenvalue weighted by Gasteiger charge is 2.02. The van der Waals surface area contributed by atoms with Gasteiger partial charge in [-0.05, 0) is 40.3 Å². The smallest absolute Gasteiger partial charge is 0.250 e. The maximum absolute atomic E-state index is 11.8. The van der Waals surface area contributed by atoms with Gasteiger partial charge in [-0.25, -0.2) is 8.78 Å². The molecule has 1 nitrogen and oxygen atoms in total. The van der Waals surface area contributed by atoms with Crippen molar-refractivity contribution in [2.24, 2.45) is 0 Å². The molecular formula is C9H9ClF2IN. The largest absolute Gasteiger partial charge is 0.307 e. The maximum atomic E-state index is 11.8. The lowest BCUT2D eigenvalue weighted by Crippen LogP contribution is -2.20. The Morgan fingerprint density at radius 2 is 2.14 bits per heavy atom. The molecule has 0 unspecified atom stereocenters. The lowest BCUT2D eigenvalue weighted by molar-refractivity contribution is 0.145. The minimum atomic E-state index is -2.31. The van der Waals surface area contributed by atoms with Crippen LogP contribution in [0.4, 0.5) is 8.78 Å². The van der Waals surface area contributed by atoms with Crippen molar-refractivity contribution in [3.63, 3.8) is 0 Å². The molecular weight excluding hydrogens is 322 g/mol. The zero-order valence-corrected chi connectivity index (χ0v) is 10.1. The standard InChI is InChI=1S/C9H9ClF2IN/c10-7-3-6(1-2-8(7)13)4-14-5-9(11)12/h1-3,9,14H,4-5H2. The van der Waals surface area contributed by atoms with Crippen LogP contribution in [0.5, 0.6) is 0 Å². The van der Waals surface area contributed by atoms with Gasteiger partial charge >= 0.3 is 0 Å². The molecule has 0 heterocycles. The third-order valence-electron chi connectivity index (χ3n) is 1.61. The monoisotopic (exact) mass is 331 g/mol. The second-order valence-corrected chi connectivity index (χ2v) is 4.34. The summed E-state index contributed by atoms with van der Waals surface area (Å²) in [6, 6.07) is 5.51. The SMILES string of the molecule is FC(F)CNCc1ccc(I)c(Cl)c1. The summed E-state index contributed by atoms with van der Waals surface area (Å²) >= 11 is 7.99. The van der Waals surface area contributed by atoms with Crippen molar-refractivity contribution in [1.82, 2.24) is 5.32 Å². The topological polar surface area (TPSA) is 12.0 Å². The third-order valence-corrected chi connectivity index (χ3v) is 3.18. The number of hydrogen-bond acceptors (Lipinski definition) is 1. The fourth-order valence-electron chi connectivity index (χ4n) is 0.975. The third kappa shape index (κ3) is 4.06. The molecule has 0 saturated heterocycles. The molecule has 78 valence electrons. The molecule has 0 atom stereocenters. The van der Waals surface area contributed by atoms with E-state index in [1.807, 2.05) is 12.1 Å². The van der Waals surface area contributed by atoms with E-state index in [0.717, 1.165) is 9.13 Å². The lowest BCUT2D eigenvalue weighted by atomic mass is 10.2. The Morgan fingerprint density at radius 1 is 1.43 bits per heavy atom. The molecule has 0 spiro atoms. The predicted molar refractivity (Wildman–Crippen MR) is 61.9 cm³/mol. The first-order chi connectivity index (χ1) is 6.59. The van der Waals surface area contributed by atoms with Gasteiger partial charge in [0.25, 0.3) is 6.43 Å². The number of hydrogen-bond donors (Lipinski definition) is 1. The van der Waals surface area contributed by atoms with E-state index < -0.39 is 6.43 Å². The normalized spacial score (nSPS) is 10.9. The average molecular weight is 332 g/mol. The minimum absolute atomic E-state index is 0.288. The molecule has 0 aromatic heterocycles. The summed E-state index contributed by atoms with van der Waals surface area (Å²) in [4.78, 5) is 0. The van der Waals surface area contributed by atoms with Crippen LogP contribution in [-0.2, 0) is 6.54 Å². The summed E-state index contributed by atoms with van der Waals surface area (Å²) in [6.07, 6.45) is -2.31. The highest BCUT2D eigenvalue weighted by Crippen LogP contribution is 2.19. The van der Waals surface area contributed by atoms with E-state index in [-0.39, 0.29) is 6.54 Å². The fraction of sp³-hybridized carbons (Fsp3) is 0.333. The quantitative estimate of drug-likeness (QED) is 0.835. The highest BCUT2D eigenvalue weighted by atomic mass is 127. The van der Waals surface area contributed by atoms with E-state index in [9.17, 15) is 8.78 Å². The molecule has 1 N–H and O–H groups in total. The van der Waals surface area contributed by atoms with Gasteiger partial charge in [-0.1, -0.05) is 17.7 Å². The molecule has 0 radical (unpaired) electrons. The molecule has 14 heavy (non-hydrogen) atoms. The van der Waals surface area contributed by atoms with Gasteiger partial charge in [0.05, 0.1) is 11.6 Å². The molecule has 1 aromatic carbocycles. The van der Waals surface area contributed by atoms with Crippen LogP contribution < -0.4 is 5.32 Å². The Balaban J connectivity index is 2.47. The molecule has 1 rings (SSSR count). The van der Waals surface area contributed by atoms with Gasteiger partial charge in [0.2, 0.25) is 0 Å². The Hall–Kier alpha value is 0.0600. The van der Waals surface area contributed by atoms with Crippen LogP contribution in [0.25, 0.3) is 0 Å². The first-order valence-electron chi connectivity index (χ1n) is 4.02. The summed E-state index contributed by atoms with van der Waals surface area (Å²) < 4.78 is 24.5. The Labute approximate surface area is 100.0 Å². The molecule has 5 heteroatoms. The van der Waals surface area contributed by atoms with Gasteiger partial charge in [-0.3, -0.25) is 0 Å². The van der Waals surface area contributed by atoms with Crippen molar-refractivity contribution in [2.75, 3.05) is 6.54 Å². The molecule has 0 fully saturated rings. The highest BCUT2D eigenvalue weighted by molar-refractivity contribution is 14.1. The van der Waals surface area contributed by atoms with Gasteiger partial charge in [0.15, 0.2) is 0 Å². The van der Waals surface area contributed by atoms with Gasteiger partial charge in [-0.15, -0.1) is 0 Å². The first-order valence-corrected chi connectivity index (χ1v) is 5.48. The van der Waals surface area contributed by atoms with Crippen molar-refractivity contribution in [3.05, 3.63) is 32.4 Å². The second-order valence-electron chi connectivity index (χ2n) is 2.77. The van der Waals surface area contributed by atoms with Gasteiger partial charge in [0.1, 0.15) is 0 Å². The van der Waals surface area contributed by atoms with E-state index in [0.29, 0.717) is 11.6 Å². The van der Waals surface area contributed by atoms with Crippen LogP contribution in [0, 0.1) is 3.57 Å². The minimum Gasteiger partial charge on any atom is -0.307 e. The number of benzene rings is 1. The molecule has 0 aliphatic heterocycles. The maximum Gasteiger partial charge on any atom is 0.250 e. The number of rotatable bonds is 4. The van der Waals surface area contributed by atoms with Crippen LogP contribution >= 0.6 is 34.2 Å². The van der Waals surface area contributed by atoms with Crippen molar-refractivity contribution < 1.29 is 8.78 Å². The van der Waals surface area contributed by atoms with Crippen molar-refractivity contribution in [2.45, 2.75) is 13.0 Å². The lowest BCUT2D eigenvalue weighted by Gasteiger charge is -2.05. The van der Waals surface area contributed by atoms with Gasteiger partial charge in [-0.2, -0.15) is 0 Å². The van der Waals surface area contributed by atoms with E-state index in [1.54, 1.807) is 6.07 Å². The summed E-state index contributed by atoms with van der Waals surface area (Å²) in [7, 11) is 0. The predicted octanol–water partition coefficient (Wildman–Crippen LogP) is 3.30. The van der Waals surface area contributed by atoms with E-state index >= 15 is 0 Å². The molecule has 0 aliphatic rings. The van der Waals surface area contributed by atoms with E-state index in [2.05, 4.69) is 27.9 Å². The van der Waals surface area contributed by atoms with Crippen LogP contribution in [0.15, 0.2) is 18.2 Å². The Kier molecular flexibility index (Phi) is 5.05. The summed E-state index contributed by atoms with van der Waals surface area (Å²) in [5.74, 6) is 0.